The van der Waals surface area contributed by atoms with E-state index in [9.17, 15) is 19.7 Å². The molecule has 0 fully saturated rings. The molecule has 0 bridgehead atoms. The van der Waals surface area contributed by atoms with Crippen LogP contribution in [0.4, 0.5) is 17.1 Å². The first-order valence-corrected chi connectivity index (χ1v) is 8.90. The van der Waals surface area contributed by atoms with Crippen molar-refractivity contribution >= 4 is 40.9 Å². The Morgan fingerprint density at radius 1 is 1.27 bits per heavy atom. The summed E-state index contributed by atoms with van der Waals surface area (Å²) in [4.78, 5) is 36.2. The van der Waals surface area contributed by atoms with Crippen molar-refractivity contribution in [3.05, 3.63) is 52.6 Å². The molecule has 2 aromatic carbocycles. The van der Waals surface area contributed by atoms with Gasteiger partial charge in [-0.3, -0.25) is 19.7 Å². The minimum atomic E-state index is -0.698. The van der Waals surface area contributed by atoms with Crippen molar-refractivity contribution in [1.29, 1.82) is 0 Å². The fraction of sp³-hybridized carbons (Fsp3) is 0.176. The first kappa shape index (κ1) is 22.9. The average molecular weight is 436 g/mol. The lowest BCUT2D eigenvalue weighted by Gasteiger charge is -2.20. The van der Waals surface area contributed by atoms with Crippen LogP contribution >= 0.6 is 12.0 Å². The first-order valence-electron chi connectivity index (χ1n) is 8.16. The Morgan fingerprint density at radius 3 is 2.63 bits per heavy atom. The Hall–Kier alpha value is -3.39. The largest absolute Gasteiger partial charge is 0.495 e. The number of azo groups is 1. The van der Waals surface area contributed by atoms with Crippen molar-refractivity contribution in [2.24, 2.45) is 10.2 Å². The fourth-order valence-corrected chi connectivity index (χ4v) is 2.77. The van der Waals surface area contributed by atoms with Crippen LogP contribution in [-0.2, 0) is 19.0 Å². The highest BCUT2D eigenvalue weighted by atomic mass is 32.2. The van der Waals surface area contributed by atoms with E-state index in [1.807, 2.05) is 0 Å². The van der Waals surface area contributed by atoms with Gasteiger partial charge in [-0.15, -0.1) is 9.45 Å². The number of rotatable bonds is 9. The van der Waals surface area contributed by atoms with Crippen molar-refractivity contribution in [2.45, 2.75) is 11.8 Å². The molecule has 0 aromatic heterocycles. The zero-order valence-corrected chi connectivity index (χ0v) is 16.6. The molecule has 12 nitrogen and oxygen atoms in total. The van der Waals surface area contributed by atoms with Gasteiger partial charge in [-0.25, -0.2) is 10.2 Å². The molecule has 1 N–H and O–H groups in total. The van der Waals surface area contributed by atoms with Gasteiger partial charge in [0, 0.05) is 17.9 Å². The van der Waals surface area contributed by atoms with E-state index < -0.39 is 29.0 Å². The number of nitrogens with zero attached hydrogens (tertiary/aromatic N) is 4. The van der Waals surface area contributed by atoms with Crippen LogP contribution in [0.25, 0.3) is 0 Å². The van der Waals surface area contributed by atoms with Crippen LogP contribution in [0, 0.1) is 10.1 Å². The van der Waals surface area contributed by atoms with E-state index in [-0.39, 0.29) is 16.3 Å². The van der Waals surface area contributed by atoms with Crippen LogP contribution in [-0.4, -0.2) is 35.6 Å². The van der Waals surface area contributed by atoms with Gasteiger partial charge in [0.15, 0.2) is 5.69 Å². The summed E-state index contributed by atoms with van der Waals surface area (Å²) in [6, 6.07) is 10.3. The standard InChI is InChI=1S/C17H16N4O8S/c1-11(22)20(14-5-3-4-6-16(14)27-2)17(23)10-18-19-13-8-7-12(30-29-28-26)9-15(13)21(24)25/h3-9,26H,10H2,1-2H3. The lowest BCUT2D eigenvalue weighted by Crippen LogP contribution is -2.37. The number of anilines is 1. The molecule has 0 unspecified atom stereocenters. The number of benzene rings is 2. The zero-order valence-electron chi connectivity index (χ0n) is 15.8. The number of carbonyl (C=O) groups is 2. The summed E-state index contributed by atoms with van der Waals surface area (Å²) >= 11 is 0.539. The smallest absolute Gasteiger partial charge is 0.297 e. The third-order valence-electron chi connectivity index (χ3n) is 3.58. The fourth-order valence-electron chi connectivity index (χ4n) is 2.38. The first-order chi connectivity index (χ1) is 14.4. The van der Waals surface area contributed by atoms with Crippen molar-refractivity contribution in [1.82, 2.24) is 0 Å². The number of nitro groups is 1. The van der Waals surface area contributed by atoms with Crippen LogP contribution in [0.5, 0.6) is 5.75 Å². The minimum absolute atomic E-state index is 0.117. The molecule has 0 saturated carbocycles. The monoisotopic (exact) mass is 436 g/mol. The van der Waals surface area contributed by atoms with E-state index in [0.717, 1.165) is 11.0 Å². The molecular formula is C17H16N4O8S. The van der Waals surface area contributed by atoms with Crippen LogP contribution < -0.4 is 9.64 Å². The topological polar surface area (TPSA) is 153 Å². The second-order valence-electron chi connectivity index (χ2n) is 5.45. The Kier molecular flexibility index (Phi) is 8.37. The normalized spacial score (nSPS) is 10.8. The maximum Gasteiger partial charge on any atom is 0.297 e. The Bertz CT molecular complexity index is 969. The third kappa shape index (κ3) is 5.81. The molecule has 0 aliphatic rings. The Labute approximate surface area is 174 Å². The van der Waals surface area contributed by atoms with Gasteiger partial charge >= 0.3 is 0 Å². The number of imide groups is 1. The number of methoxy groups -OCH3 is 1. The number of hydrogen-bond donors (Lipinski definition) is 1. The molecule has 158 valence electrons. The molecule has 0 aliphatic carbocycles. The molecule has 2 rings (SSSR count). The third-order valence-corrected chi connectivity index (χ3v) is 4.15. The van der Waals surface area contributed by atoms with E-state index in [0.29, 0.717) is 17.8 Å². The molecule has 13 heteroatoms. The molecule has 0 heterocycles. The van der Waals surface area contributed by atoms with Gasteiger partial charge in [-0.05, 0) is 24.3 Å². The van der Waals surface area contributed by atoms with Gasteiger partial charge in [-0.2, -0.15) is 5.11 Å². The summed E-state index contributed by atoms with van der Waals surface area (Å²) in [7, 11) is 1.40. The Morgan fingerprint density at radius 2 is 2.00 bits per heavy atom. The number of hydrogen-bond acceptors (Lipinski definition) is 11. The molecular weight excluding hydrogens is 420 g/mol. The molecule has 0 spiro atoms. The van der Waals surface area contributed by atoms with Crippen molar-refractivity contribution in [2.75, 3.05) is 18.6 Å². The summed E-state index contributed by atoms with van der Waals surface area (Å²) in [6.07, 6.45) is 0. The predicted molar refractivity (Wildman–Crippen MR) is 104 cm³/mol. The van der Waals surface area contributed by atoms with Crippen LogP contribution in [0.3, 0.4) is 0 Å². The van der Waals surface area contributed by atoms with Gasteiger partial charge in [-0.1, -0.05) is 17.2 Å². The van der Waals surface area contributed by atoms with Gasteiger partial charge in [0.25, 0.3) is 11.6 Å². The maximum absolute atomic E-state index is 12.5. The summed E-state index contributed by atoms with van der Waals surface area (Å²) in [5.41, 5.74) is -0.286. The molecule has 0 aliphatic heterocycles. The van der Waals surface area contributed by atoms with Crippen molar-refractivity contribution in [3.8, 4) is 5.75 Å². The SMILES string of the molecule is COc1ccccc1N(C(C)=O)C(=O)CN=Nc1ccc(SOOO)cc1[N+](=O)[O-]. The summed E-state index contributed by atoms with van der Waals surface area (Å²) < 4.78 is 9.39. The predicted octanol–water partition coefficient (Wildman–Crippen LogP) is 3.70. The number of carbonyl (C=O) groups excluding carboxylic acids is 2. The lowest BCUT2D eigenvalue weighted by atomic mass is 10.2. The second kappa shape index (κ2) is 11.0. The minimum Gasteiger partial charge on any atom is -0.495 e. The maximum atomic E-state index is 12.5. The van der Waals surface area contributed by atoms with Gasteiger partial charge in [0.05, 0.1) is 29.8 Å². The van der Waals surface area contributed by atoms with Crippen molar-refractivity contribution in [3.63, 3.8) is 0 Å². The molecule has 2 amide bonds. The quantitative estimate of drug-likeness (QED) is 0.204. The molecule has 0 radical (unpaired) electrons. The highest BCUT2D eigenvalue weighted by Gasteiger charge is 2.23. The van der Waals surface area contributed by atoms with E-state index in [4.69, 9.17) is 9.99 Å². The molecule has 0 atom stereocenters. The van der Waals surface area contributed by atoms with Crippen molar-refractivity contribution < 1.29 is 33.9 Å². The second-order valence-corrected chi connectivity index (χ2v) is 6.23. The number of nitro benzene ring substituents is 1. The van der Waals surface area contributed by atoms with Gasteiger partial charge in [0.2, 0.25) is 5.91 Å². The van der Waals surface area contributed by atoms with Gasteiger partial charge < -0.3 is 4.74 Å². The summed E-state index contributed by atoms with van der Waals surface area (Å²) in [5.74, 6) is -0.937. The zero-order chi connectivity index (χ0) is 22.1. The summed E-state index contributed by atoms with van der Waals surface area (Å²) in [5, 5.41) is 30.2. The average Bonchev–Trinajstić information content (AvgIpc) is 2.73. The lowest BCUT2D eigenvalue weighted by molar-refractivity contribution is -0.432. The van der Waals surface area contributed by atoms with Crippen LogP contribution in [0.15, 0.2) is 57.6 Å². The van der Waals surface area contributed by atoms with E-state index in [1.165, 1.54) is 32.2 Å². The highest BCUT2D eigenvalue weighted by Crippen LogP contribution is 2.33. The van der Waals surface area contributed by atoms with E-state index in [1.54, 1.807) is 18.2 Å². The number of para-hydroxylation sites is 2. The molecule has 2 aromatic rings. The van der Waals surface area contributed by atoms with Crippen LogP contribution in [0.1, 0.15) is 6.92 Å². The van der Waals surface area contributed by atoms with Gasteiger partial charge in [0.1, 0.15) is 12.3 Å². The summed E-state index contributed by atoms with van der Waals surface area (Å²) in [6.45, 7) is 0.674. The Balaban J connectivity index is 2.21. The van der Waals surface area contributed by atoms with E-state index in [2.05, 4.69) is 19.6 Å². The number of ether oxygens (including phenoxy) is 1. The highest BCUT2D eigenvalue weighted by molar-refractivity contribution is 7.94. The van der Waals surface area contributed by atoms with E-state index >= 15 is 0 Å². The number of amides is 2. The molecule has 30 heavy (non-hydrogen) atoms. The van der Waals surface area contributed by atoms with Crippen LogP contribution in [0.2, 0.25) is 0 Å². The molecule has 0 saturated heterocycles.